The van der Waals surface area contributed by atoms with Crippen LogP contribution in [0.3, 0.4) is 0 Å². The van der Waals surface area contributed by atoms with Crippen LogP contribution in [0.5, 0.6) is 6.01 Å². The maximum atomic E-state index is 5.35. The molecule has 0 radical (unpaired) electrons. The Balaban J connectivity index is 2.30. The van der Waals surface area contributed by atoms with Crippen LogP contribution in [-0.4, -0.2) is 33.1 Å². The number of nitrogens with zero attached hydrogens (tertiary/aromatic N) is 3. The zero-order valence-corrected chi connectivity index (χ0v) is 10.6. The van der Waals surface area contributed by atoms with Gasteiger partial charge < -0.3 is 15.0 Å². The van der Waals surface area contributed by atoms with Gasteiger partial charge in [-0.05, 0) is 25.5 Å². The Morgan fingerprint density at radius 3 is 2.83 bits per heavy atom. The van der Waals surface area contributed by atoms with Crippen LogP contribution in [0.25, 0.3) is 11.5 Å². The van der Waals surface area contributed by atoms with Crippen molar-refractivity contribution in [3.8, 4) is 17.5 Å². The van der Waals surface area contributed by atoms with E-state index in [0.717, 1.165) is 18.7 Å². The topological polar surface area (TPSA) is 75.7 Å². The number of hydrogen-bond donors (Lipinski definition) is 2. The summed E-state index contributed by atoms with van der Waals surface area (Å²) in [5.74, 6) is 1.12. The maximum Gasteiger partial charge on any atom is 0.321 e. The summed E-state index contributed by atoms with van der Waals surface area (Å²) < 4.78 is 5.35. The summed E-state index contributed by atoms with van der Waals surface area (Å²) in [5.41, 5.74) is 0.845. The van der Waals surface area contributed by atoms with E-state index in [4.69, 9.17) is 4.74 Å². The van der Waals surface area contributed by atoms with Gasteiger partial charge in [0.2, 0.25) is 5.95 Å². The number of aromatic amines is 1. The van der Waals surface area contributed by atoms with Crippen molar-refractivity contribution in [2.75, 3.05) is 18.5 Å². The van der Waals surface area contributed by atoms with E-state index < -0.39 is 0 Å². The SMILES string of the molecule is CCCNc1nc(OCC)nc(-c2ccc[nH]2)n1. The van der Waals surface area contributed by atoms with Gasteiger partial charge in [0.1, 0.15) is 0 Å². The molecule has 0 aliphatic heterocycles. The van der Waals surface area contributed by atoms with Crippen molar-refractivity contribution < 1.29 is 4.74 Å². The standard InChI is InChI=1S/C12H17N5O/c1-3-7-14-11-15-10(9-6-5-8-13-9)16-12(17-11)18-4-2/h5-6,8,13H,3-4,7H2,1-2H3,(H,14,15,16,17). The van der Waals surface area contributed by atoms with Gasteiger partial charge in [-0.3, -0.25) is 0 Å². The van der Waals surface area contributed by atoms with Crippen LogP contribution in [0, 0.1) is 0 Å². The summed E-state index contributed by atoms with van der Waals surface area (Å²) in [6.45, 7) is 5.34. The zero-order valence-electron chi connectivity index (χ0n) is 10.6. The van der Waals surface area contributed by atoms with Gasteiger partial charge in [-0.2, -0.15) is 15.0 Å². The number of nitrogens with one attached hydrogen (secondary N) is 2. The van der Waals surface area contributed by atoms with E-state index in [-0.39, 0.29) is 0 Å². The normalized spacial score (nSPS) is 10.3. The molecule has 2 heterocycles. The van der Waals surface area contributed by atoms with Crippen LogP contribution in [0.4, 0.5) is 5.95 Å². The molecular formula is C12H17N5O. The summed E-state index contributed by atoms with van der Waals surface area (Å²) in [5, 5.41) is 3.14. The second-order valence-corrected chi connectivity index (χ2v) is 3.71. The molecule has 0 unspecified atom stereocenters. The first-order chi connectivity index (χ1) is 8.83. The van der Waals surface area contributed by atoms with E-state index in [2.05, 4.69) is 32.2 Å². The molecule has 2 N–H and O–H groups in total. The third-order valence-electron chi connectivity index (χ3n) is 2.26. The van der Waals surface area contributed by atoms with Crippen molar-refractivity contribution in [3.05, 3.63) is 18.3 Å². The van der Waals surface area contributed by atoms with Gasteiger partial charge >= 0.3 is 6.01 Å². The molecule has 0 amide bonds. The lowest BCUT2D eigenvalue weighted by Gasteiger charge is -2.07. The lowest BCUT2D eigenvalue weighted by Crippen LogP contribution is -2.08. The molecule has 0 saturated carbocycles. The van der Waals surface area contributed by atoms with Crippen LogP contribution in [0.15, 0.2) is 18.3 Å². The summed E-state index contributed by atoms with van der Waals surface area (Å²) >= 11 is 0. The molecule has 0 atom stereocenters. The summed E-state index contributed by atoms with van der Waals surface area (Å²) in [6.07, 6.45) is 2.84. The molecule has 0 fully saturated rings. The largest absolute Gasteiger partial charge is 0.464 e. The molecule has 6 nitrogen and oxygen atoms in total. The van der Waals surface area contributed by atoms with Gasteiger partial charge in [-0.15, -0.1) is 0 Å². The molecule has 0 spiro atoms. The van der Waals surface area contributed by atoms with Crippen LogP contribution in [0.2, 0.25) is 0 Å². The number of H-pyrrole nitrogens is 1. The molecule has 18 heavy (non-hydrogen) atoms. The number of ether oxygens (including phenoxy) is 1. The van der Waals surface area contributed by atoms with Gasteiger partial charge in [0, 0.05) is 12.7 Å². The summed E-state index contributed by atoms with van der Waals surface area (Å²) in [7, 11) is 0. The first kappa shape index (κ1) is 12.3. The van der Waals surface area contributed by atoms with Gasteiger partial charge in [0.15, 0.2) is 5.82 Å². The quantitative estimate of drug-likeness (QED) is 0.817. The third kappa shape index (κ3) is 2.97. The van der Waals surface area contributed by atoms with Crippen molar-refractivity contribution in [1.29, 1.82) is 0 Å². The maximum absolute atomic E-state index is 5.35. The van der Waals surface area contributed by atoms with E-state index in [1.54, 1.807) is 0 Å². The molecule has 0 aliphatic rings. The minimum absolute atomic E-state index is 0.343. The molecule has 2 rings (SSSR count). The Bertz CT molecular complexity index is 483. The summed E-state index contributed by atoms with van der Waals surface area (Å²) in [6, 6.07) is 4.16. The highest BCUT2D eigenvalue weighted by molar-refractivity contribution is 5.51. The first-order valence-electron chi connectivity index (χ1n) is 6.10. The zero-order chi connectivity index (χ0) is 12.8. The average Bonchev–Trinajstić information content (AvgIpc) is 2.90. The highest BCUT2D eigenvalue weighted by Gasteiger charge is 2.09. The second-order valence-electron chi connectivity index (χ2n) is 3.71. The average molecular weight is 247 g/mol. The molecule has 6 heteroatoms. The third-order valence-corrected chi connectivity index (χ3v) is 2.26. The number of anilines is 1. The van der Waals surface area contributed by atoms with Gasteiger partial charge in [-0.1, -0.05) is 6.92 Å². The monoisotopic (exact) mass is 247 g/mol. The van der Waals surface area contributed by atoms with Crippen molar-refractivity contribution in [1.82, 2.24) is 19.9 Å². The van der Waals surface area contributed by atoms with Crippen molar-refractivity contribution in [3.63, 3.8) is 0 Å². The van der Waals surface area contributed by atoms with Crippen molar-refractivity contribution in [2.24, 2.45) is 0 Å². The van der Waals surface area contributed by atoms with E-state index >= 15 is 0 Å². The lowest BCUT2D eigenvalue weighted by atomic mass is 10.4. The Hall–Kier alpha value is -2.11. The Morgan fingerprint density at radius 1 is 1.28 bits per heavy atom. The molecule has 0 saturated heterocycles. The fourth-order valence-electron chi connectivity index (χ4n) is 1.46. The van der Waals surface area contributed by atoms with E-state index in [0.29, 0.717) is 24.4 Å². The number of hydrogen-bond acceptors (Lipinski definition) is 5. The number of rotatable bonds is 6. The fourth-order valence-corrected chi connectivity index (χ4v) is 1.46. The minimum Gasteiger partial charge on any atom is -0.464 e. The Labute approximate surface area is 106 Å². The Kier molecular flexibility index (Phi) is 4.11. The Morgan fingerprint density at radius 2 is 2.17 bits per heavy atom. The smallest absolute Gasteiger partial charge is 0.321 e. The lowest BCUT2D eigenvalue weighted by molar-refractivity contribution is 0.312. The van der Waals surface area contributed by atoms with Crippen LogP contribution < -0.4 is 10.1 Å². The first-order valence-corrected chi connectivity index (χ1v) is 6.10. The molecule has 0 aromatic carbocycles. The molecular weight excluding hydrogens is 230 g/mol. The van der Waals surface area contributed by atoms with Gasteiger partial charge in [0.25, 0.3) is 0 Å². The highest BCUT2D eigenvalue weighted by atomic mass is 16.5. The minimum atomic E-state index is 0.343. The van der Waals surface area contributed by atoms with Crippen molar-refractivity contribution >= 4 is 5.95 Å². The predicted molar refractivity (Wildman–Crippen MR) is 69.6 cm³/mol. The van der Waals surface area contributed by atoms with Crippen LogP contribution in [-0.2, 0) is 0 Å². The van der Waals surface area contributed by atoms with Gasteiger partial charge in [0.05, 0.1) is 12.3 Å². The molecule has 0 aliphatic carbocycles. The molecule has 2 aromatic rings. The van der Waals surface area contributed by atoms with Crippen LogP contribution in [0.1, 0.15) is 20.3 Å². The highest BCUT2D eigenvalue weighted by Crippen LogP contribution is 2.16. The fraction of sp³-hybridized carbons (Fsp3) is 0.417. The van der Waals surface area contributed by atoms with Gasteiger partial charge in [-0.25, -0.2) is 0 Å². The van der Waals surface area contributed by atoms with Crippen LogP contribution >= 0.6 is 0 Å². The van der Waals surface area contributed by atoms with E-state index in [1.807, 2.05) is 25.3 Å². The molecule has 2 aromatic heterocycles. The molecule has 96 valence electrons. The second kappa shape index (κ2) is 6.00. The van der Waals surface area contributed by atoms with E-state index in [9.17, 15) is 0 Å². The molecule has 0 bridgehead atoms. The van der Waals surface area contributed by atoms with E-state index in [1.165, 1.54) is 0 Å². The van der Waals surface area contributed by atoms with Crippen molar-refractivity contribution in [2.45, 2.75) is 20.3 Å². The predicted octanol–water partition coefficient (Wildman–Crippen LogP) is 2.09. The number of aromatic nitrogens is 4. The summed E-state index contributed by atoms with van der Waals surface area (Å²) in [4.78, 5) is 15.9.